The van der Waals surface area contributed by atoms with E-state index in [1.165, 1.54) is 7.11 Å². The summed E-state index contributed by atoms with van der Waals surface area (Å²) in [5, 5.41) is 8.11. The van der Waals surface area contributed by atoms with Gasteiger partial charge in [0.15, 0.2) is 0 Å². The minimum Gasteiger partial charge on any atom is -0.480 e. The van der Waals surface area contributed by atoms with Gasteiger partial charge < -0.3 is 15.6 Å². The molecule has 3 N–H and O–H groups in total. The smallest absolute Gasteiger partial charge is 0.322 e. The molecule has 1 atom stereocenters. The van der Waals surface area contributed by atoms with Gasteiger partial charge in [0, 0.05) is 7.11 Å². The standard InChI is InChI=1S/C4H9NO3.C2H6/c1-8-2-3(5)4(6)7;1-2/h3H,2,5H2,1H3,(H,6,7);1-2H3. The average molecular weight is 149 g/mol. The van der Waals surface area contributed by atoms with Gasteiger partial charge in [-0.3, -0.25) is 4.79 Å². The second-order valence-corrected chi connectivity index (χ2v) is 1.40. The Bertz CT molecular complexity index is 85.1. The number of nitrogens with two attached hydrogens (primary N) is 1. The zero-order valence-corrected chi connectivity index (χ0v) is 6.63. The summed E-state index contributed by atoms with van der Waals surface area (Å²) >= 11 is 0. The Kier molecular flexibility index (Phi) is 10.2. The maximum Gasteiger partial charge on any atom is 0.322 e. The predicted molar refractivity (Wildman–Crippen MR) is 38.8 cm³/mol. The molecule has 0 aliphatic heterocycles. The topological polar surface area (TPSA) is 72.5 Å². The molecule has 0 fully saturated rings. The first-order valence-corrected chi connectivity index (χ1v) is 3.15. The number of ether oxygens (including phenoxy) is 1. The highest BCUT2D eigenvalue weighted by Crippen LogP contribution is 1.76. The summed E-state index contributed by atoms with van der Waals surface area (Å²) in [6, 6.07) is -0.889. The Balaban J connectivity index is 0. The first kappa shape index (κ1) is 12.1. The van der Waals surface area contributed by atoms with E-state index in [2.05, 4.69) is 4.74 Å². The van der Waals surface area contributed by atoms with Crippen LogP contribution in [0.5, 0.6) is 0 Å². The molecule has 0 amide bonds. The van der Waals surface area contributed by atoms with Crippen LogP contribution in [0.2, 0.25) is 0 Å². The summed E-state index contributed by atoms with van der Waals surface area (Å²) in [4.78, 5) is 9.88. The first-order chi connectivity index (χ1) is 4.68. The van der Waals surface area contributed by atoms with Crippen molar-refractivity contribution >= 4 is 5.97 Å². The van der Waals surface area contributed by atoms with Crippen molar-refractivity contribution in [3.63, 3.8) is 0 Å². The summed E-state index contributed by atoms with van der Waals surface area (Å²) < 4.78 is 4.46. The molecular weight excluding hydrogens is 134 g/mol. The molecule has 0 aliphatic rings. The van der Waals surface area contributed by atoms with Crippen molar-refractivity contribution in [2.75, 3.05) is 13.7 Å². The molecule has 0 spiro atoms. The first-order valence-electron chi connectivity index (χ1n) is 3.15. The molecule has 4 nitrogen and oxygen atoms in total. The van der Waals surface area contributed by atoms with Gasteiger partial charge in [0.25, 0.3) is 0 Å². The molecule has 10 heavy (non-hydrogen) atoms. The number of carboxylic acids is 1. The highest BCUT2D eigenvalue weighted by atomic mass is 16.5. The minimum atomic E-state index is -1.04. The van der Waals surface area contributed by atoms with Crippen molar-refractivity contribution in [1.82, 2.24) is 0 Å². The van der Waals surface area contributed by atoms with E-state index in [1.807, 2.05) is 13.8 Å². The van der Waals surface area contributed by atoms with Crippen LogP contribution in [0.3, 0.4) is 0 Å². The van der Waals surface area contributed by atoms with Gasteiger partial charge in [-0.15, -0.1) is 0 Å². The van der Waals surface area contributed by atoms with Crippen molar-refractivity contribution in [3.05, 3.63) is 0 Å². The van der Waals surface area contributed by atoms with Crippen LogP contribution in [0.4, 0.5) is 0 Å². The van der Waals surface area contributed by atoms with Crippen LogP contribution in [-0.2, 0) is 9.53 Å². The maximum absolute atomic E-state index is 9.88. The van der Waals surface area contributed by atoms with Crippen LogP contribution in [0.25, 0.3) is 0 Å². The molecule has 0 saturated carbocycles. The molecule has 1 unspecified atom stereocenters. The van der Waals surface area contributed by atoms with Gasteiger partial charge in [0.05, 0.1) is 6.61 Å². The van der Waals surface area contributed by atoms with Crippen LogP contribution in [0.1, 0.15) is 13.8 Å². The summed E-state index contributed by atoms with van der Waals surface area (Å²) in [7, 11) is 1.41. The normalized spacial score (nSPS) is 11.2. The van der Waals surface area contributed by atoms with Crippen LogP contribution in [-0.4, -0.2) is 30.8 Å². The molecule has 0 heterocycles. The Morgan fingerprint density at radius 3 is 2.20 bits per heavy atom. The Hall–Kier alpha value is -0.610. The summed E-state index contributed by atoms with van der Waals surface area (Å²) in [5.74, 6) is -1.04. The fourth-order valence-electron chi connectivity index (χ4n) is 0.251. The molecule has 0 aliphatic carbocycles. The number of hydrogen-bond donors (Lipinski definition) is 2. The second kappa shape index (κ2) is 8.39. The number of carboxylic acid groups (broad SMARTS) is 1. The molecule has 0 bridgehead atoms. The van der Waals surface area contributed by atoms with E-state index in [-0.39, 0.29) is 6.61 Å². The molecule has 0 aromatic heterocycles. The van der Waals surface area contributed by atoms with Gasteiger partial charge in [-0.25, -0.2) is 0 Å². The van der Waals surface area contributed by atoms with Gasteiger partial charge in [-0.05, 0) is 0 Å². The van der Waals surface area contributed by atoms with Gasteiger partial charge >= 0.3 is 5.97 Å². The maximum atomic E-state index is 9.88. The average Bonchev–Trinajstić information content (AvgIpc) is 1.93. The van der Waals surface area contributed by atoms with Gasteiger partial charge in [0.1, 0.15) is 6.04 Å². The van der Waals surface area contributed by atoms with Crippen LogP contribution >= 0.6 is 0 Å². The monoisotopic (exact) mass is 149 g/mol. The Morgan fingerprint density at radius 2 is 2.10 bits per heavy atom. The molecule has 0 aromatic carbocycles. The van der Waals surface area contributed by atoms with Crippen molar-refractivity contribution in [2.45, 2.75) is 19.9 Å². The number of methoxy groups -OCH3 is 1. The van der Waals surface area contributed by atoms with Crippen LogP contribution < -0.4 is 5.73 Å². The SMILES string of the molecule is CC.COCC(N)C(=O)O. The molecule has 62 valence electrons. The largest absolute Gasteiger partial charge is 0.480 e. The number of rotatable bonds is 3. The lowest BCUT2D eigenvalue weighted by molar-refractivity contribution is -0.139. The number of aliphatic carboxylic acids is 1. The number of hydrogen-bond acceptors (Lipinski definition) is 3. The van der Waals surface area contributed by atoms with Gasteiger partial charge in [-0.1, -0.05) is 13.8 Å². The van der Waals surface area contributed by atoms with Gasteiger partial charge in [-0.2, -0.15) is 0 Å². The Labute approximate surface area is 61.0 Å². The van der Waals surface area contributed by atoms with E-state index in [1.54, 1.807) is 0 Å². The van der Waals surface area contributed by atoms with E-state index in [0.717, 1.165) is 0 Å². The molecule has 0 saturated heterocycles. The van der Waals surface area contributed by atoms with Crippen molar-refractivity contribution in [1.29, 1.82) is 0 Å². The number of carbonyl (C=O) groups is 1. The zero-order chi connectivity index (χ0) is 8.57. The minimum absolute atomic E-state index is 0.0648. The van der Waals surface area contributed by atoms with Gasteiger partial charge in [0.2, 0.25) is 0 Å². The lowest BCUT2D eigenvalue weighted by Crippen LogP contribution is -2.34. The molecule has 0 aromatic rings. The van der Waals surface area contributed by atoms with E-state index in [4.69, 9.17) is 10.8 Å². The van der Waals surface area contributed by atoms with E-state index < -0.39 is 12.0 Å². The van der Waals surface area contributed by atoms with E-state index in [0.29, 0.717) is 0 Å². The third-order valence-corrected chi connectivity index (χ3v) is 0.663. The van der Waals surface area contributed by atoms with Crippen molar-refractivity contribution in [3.8, 4) is 0 Å². The van der Waals surface area contributed by atoms with Crippen molar-refractivity contribution in [2.24, 2.45) is 5.73 Å². The predicted octanol–water partition coefficient (Wildman–Crippen LogP) is 0.0709. The van der Waals surface area contributed by atoms with Crippen molar-refractivity contribution < 1.29 is 14.6 Å². The fraction of sp³-hybridized carbons (Fsp3) is 0.833. The molecule has 0 rings (SSSR count). The second-order valence-electron chi connectivity index (χ2n) is 1.40. The zero-order valence-electron chi connectivity index (χ0n) is 6.63. The summed E-state index contributed by atoms with van der Waals surface area (Å²) in [6.45, 7) is 4.06. The molecule has 0 radical (unpaired) electrons. The highest BCUT2D eigenvalue weighted by Gasteiger charge is 2.08. The van der Waals surface area contributed by atoms with Crippen LogP contribution in [0.15, 0.2) is 0 Å². The third kappa shape index (κ3) is 7.39. The summed E-state index contributed by atoms with van der Waals surface area (Å²) in [6.07, 6.45) is 0. The lowest BCUT2D eigenvalue weighted by atomic mass is 10.3. The molecular formula is C6H15NO3. The molecule has 4 heteroatoms. The van der Waals surface area contributed by atoms with E-state index >= 15 is 0 Å². The van der Waals surface area contributed by atoms with E-state index in [9.17, 15) is 4.79 Å². The third-order valence-electron chi connectivity index (χ3n) is 0.663. The lowest BCUT2D eigenvalue weighted by Gasteiger charge is -2.01. The highest BCUT2D eigenvalue weighted by molar-refractivity contribution is 5.73. The quantitative estimate of drug-likeness (QED) is 0.595. The summed E-state index contributed by atoms with van der Waals surface area (Å²) in [5.41, 5.74) is 5.00. The fourth-order valence-corrected chi connectivity index (χ4v) is 0.251. The van der Waals surface area contributed by atoms with Crippen LogP contribution in [0, 0.1) is 0 Å². The Morgan fingerprint density at radius 1 is 1.70 bits per heavy atom.